The smallest absolute Gasteiger partial charge is 0.208 e. The van der Waals surface area contributed by atoms with Crippen LogP contribution in [0, 0.1) is 0 Å². The van der Waals surface area contributed by atoms with Crippen LogP contribution < -0.4 is 10.6 Å². The van der Waals surface area contributed by atoms with Crippen molar-refractivity contribution in [2.45, 2.75) is 32.5 Å². The Labute approximate surface area is 126 Å². The molecule has 0 spiro atoms. The SMILES string of the molecule is CC(C)NC(Cc1ccc(-c2ccccc2)cc1)NC=O. The van der Waals surface area contributed by atoms with Crippen molar-refractivity contribution in [1.29, 1.82) is 0 Å². The minimum absolute atomic E-state index is 0.0370. The second-order valence-electron chi connectivity index (χ2n) is 5.43. The second kappa shape index (κ2) is 7.60. The third kappa shape index (κ3) is 4.72. The third-order valence-corrected chi connectivity index (χ3v) is 3.30. The van der Waals surface area contributed by atoms with Crippen LogP contribution in [-0.2, 0) is 11.2 Å². The van der Waals surface area contributed by atoms with Crippen LogP contribution in [0.1, 0.15) is 19.4 Å². The Morgan fingerprint density at radius 3 is 2.14 bits per heavy atom. The van der Waals surface area contributed by atoms with E-state index in [-0.39, 0.29) is 6.17 Å². The lowest BCUT2D eigenvalue weighted by molar-refractivity contribution is -0.110. The molecule has 2 N–H and O–H groups in total. The highest BCUT2D eigenvalue weighted by atomic mass is 16.1. The molecule has 1 amide bonds. The fourth-order valence-electron chi connectivity index (χ4n) is 2.35. The monoisotopic (exact) mass is 282 g/mol. The minimum atomic E-state index is -0.0370. The number of rotatable bonds is 7. The minimum Gasteiger partial charge on any atom is -0.343 e. The van der Waals surface area contributed by atoms with Gasteiger partial charge in [0.25, 0.3) is 0 Å². The van der Waals surface area contributed by atoms with Crippen molar-refractivity contribution < 1.29 is 4.79 Å². The van der Waals surface area contributed by atoms with E-state index in [0.717, 1.165) is 12.8 Å². The van der Waals surface area contributed by atoms with E-state index in [0.29, 0.717) is 6.04 Å². The van der Waals surface area contributed by atoms with Crippen LogP contribution in [0.15, 0.2) is 54.6 Å². The van der Waals surface area contributed by atoms with Crippen LogP contribution in [0.25, 0.3) is 11.1 Å². The van der Waals surface area contributed by atoms with Gasteiger partial charge in [0.05, 0.1) is 6.17 Å². The molecule has 0 saturated carbocycles. The molecule has 2 aromatic carbocycles. The van der Waals surface area contributed by atoms with Gasteiger partial charge in [-0.2, -0.15) is 0 Å². The summed E-state index contributed by atoms with van der Waals surface area (Å²) in [5.74, 6) is 0. The molecule has 3 heteroatoms. The molecule has 0 aliphatic rings. The van der Waals surface area contributed by atoms with Gasteiger partial charge >= 0.3 is 0 Å². The Hall–Kier alpha value is -2.13. The summed E-state index contributed by atoms with van der Waals surface area (Å²) < 4.78 is 0. The van der Waals surface area contributed by atoms with Gasteiger partial charge in [0.15, 0.2) is 0 Å². The summed E-state index contributed by atoms with van der Waals surface area (Å²) >= 11 is 0. The lowest BCUT2D eigenvalue weighted by Gasteiger charge is -2.20. The van der Waals surface area contributed by atoms with Crippen LogP contribution in [0.3, 0.4) is 0 Å². The summed E-state index contributed by atoms with van der Waals surface area (Å²) in [6, 6.07) is 19.1. The van der Waals surface area contributed by atoms with Crippen molar-refractivity contribution in [3.63, 3.8) is 0 Å². The highest BCUT2D eigenvalue weighted by molar-refractivity contribution is 5.63. The molecule has 0 radical (unpaired) electrons. The molecular weight excluding hydrogens is 260 g/mol. The van der Waals surface area contributed by atoms with Crippen molar-refractivity contribution in [2.75, 3.05) is 0 Å². The van der Waals surface area contributed by atoms with Crippen LogP contribution in [0.4, 0.5) is 0 Å². The van der Waals surface area contributed by atoms with Crippen molar-refractivity contribution in [2.24, 2.45) is 0 Å². The number of hydrogen-bond donors (Lipinski definition) is 2. The van der Waals surface area contributed by atoms with Crippen molar-refractivity contribution >= 4 is 6.41 Å². The zero-order valence-electron chi connectivity index (χ0n) is 12.5. The van der Waals surface area contributed by atoms with Gasteiger partial charge < -0.3 is 5.32 Å². The highest BCUT2D eigenvalue weighted by Crippen LogP contribution is 2.19. The molecule has 3 nitrogen and oxygen atoms in total. The Kier molecular flexibility index (Phi) is 5.52. The Morgan fingerprint density at radius 2 is 1.57 bits per heavy atom. The molecule has 2 aromatic rings. The number of carbonyl (C=O) groups is 1. The zero-order chi connectivity index (χ0) is 15.1. The lowest BCUT2D eigenvalue weighted by atomic mass is 10.0. The summed E-state index contributed by atoms with van der Waals surface area (Å²) in [6.07, 6.45) is 1.48. The van der Waals surface area contributed by atoms with Gasteiger partial charge in [-0.1, -0.05) is 54.6 Å². The molecule has 2 rings (SSSR count). The number of nitrogens with one attached hydrogen (secondary N) is 2. The molecule has 0 aromatic heterocycles. The summed E-state index contributed by atoms with van der Waals surface area (Å²) in [4.78, 5) is 10.7. The van der Waals surface area contributed by atoms with E-state index in [1.165, 1.54) is 16.7 Å². The highest BCUT2D eigenvalue weighted by Gasteiger charge is 2.09. The zero-order valence-corrected chi connectivity index (χ0v) is 12.5. The average molecular weight is 282 g/mol. The van der Waals surface area contributed by atoms with Gasteiger partial charge in [-0.25, -0.2) is 0 Å². The van der Waals surface area contributed by atoms with Crippen molar-refractivity contribution in [3.05, 3.63) is 60.2 Å². The first-order valence-electron chi connectivity index (χ1n) is 7.29. The van der Waals surface area contributed by atoms with E-state index in [1.54, 1.807) is 0 Å². The molecule has 0 bridgehead atoms. The van der Waals surface area contributed by atoms with E-state index in [2.05, 4.69) is 60.9 Å². The summed E-state index contributed by atoms with van der Waals surface area (Å²) in [6.45, 7) is 4.13. The first-order valence-corrected chi connectivity index (χ1v) is 7.29. The molecule has 110 valence electrons. The third-order valence-electron chi connectivity index (χ3n) is 3.30. The lowest BCUT2D eigenvalue weighted by Crippen LogP contribution is -2.46. The Morgan fingerprint density at radius 1 is 0.952 bits per heavy atom. The van der Waals surface area contributed by atoms with Crippen LogP contribution in [0.5, 0.6) is 0 Å². The molecule has 1 atom stereocenters. The van der Waals surface area contributed by atoms with E-state index in [1.807, 2.05) is 18.2 Å². The standard InChI is InChI=1S/C18H22N2O/c1-14(2)20-18(19-13-21)12-15-8-10-17(11-9-15)16-6-4-3-5-7-16/h3-11,13-14,18,20H,12H2,1-2H3,(H,19,21). The maximum Gasteiger partial charge on any atom is 0.208 e. The molecule has 0 fully saturated rings. The average Bonchev–Trinajstić information content (AvgIpc) is 2.48. The molecule has 0 aliphatic heterocycles. The summed E-state index contributed by atoms with van der Waals surface area (Å²) in [5, 5.41) is 6.15. The topological polar surface area (TPSA) is 41.1 Å². The molecule has 0 heterocycles. The van der Waals surface area contributed by atoms with E-state index in [9.17, 15) is 4.79 Å². The van der Waals surface area contributed by atoms with Gasteiger partial charge in [-0.05, 0) is 30.5 Å². The second-order valence-corrected chi connectivity index (χ2v) is 5.43. The van der Waals surface area contributed by atoms with Gasteiger partial charge in [0.2, 0.25) is 6.41 Å². The van der Waals surface area contributed by atoms with Gasteiger partial charge in [0, 0.05) is 12.5 Å². The van der Waals surface area contributed by atoms with Crippen molar-refractivity contribution in [1.82, 2.24) is 10.6 Å². The summed E-state index contributed by atoms with van der Waals surface area (Å²) in [7, 11) is 0. The van der Waals surface area contributed by atoms with Crippen molar-refractivity contribution in [3.8, 4) is 11.1 Å². The van der Waals surface area contributed by atoms with E-state index < -0.39 is 0 Å². The first kappa shape index (κ1) is 15.3. The number of amides is 1. The number of hydrogen-bond acceptors (Lipinski definition) is 2. The normalized spacial score (nSPS) is 12.1. The molecule has 0 saturated heterocycles. The molecular formula is C18H22N2O. The van der Waals surface area contributed by atoms with Crippen LogP contribution in [-0.4, -0.2) is 18.6 Å². The fraction of sp³-hybridized carbons (Fsp3) is 0.278. The summed E-state index contributed by atoms with van der Waals surface area (Å²) in [5.41, 5.74) is 3.62. The molecule has 1 unspecified atom stereocenters. The maximum atomic E-state index is 10.7. The number of benzene rings is 2. The van der Waals surface area contributed by atoms with E-state index >= 15 is 0 Å². The molecule has 0 aliphatic carbocycles. The fourth-order valence-corrected chi connectivity index (χ4v) is 2.35. The maximum absolute atomic E-state index is 10.7. The Balaban J connectivity index is 2.06. The van der Waals surface area contributed by atoms with Crippen LogP contribution >= 0.6 is 0 Å². The van der Waals surface area contributed by atoms with Gasteiger partial charge in [-0.3, -0.25) is 10.1 Å². The van der Waals surface area contributed by atoms with Crippen LogP contribution in [0.2, 0.25) is 0 Å². The van der Waals surface area contributed by atoms with E-state index in [4.69, 9.17) is 0 Å². The Bertz CT molecular complexity index is 549. The molecule has 21 heavy (non-hydrogen) atoms. The quantitative estimate of drug-likeness (QED) is 0.605. The predicted molar refractivity (Wildman–Crippen MR) is 86.8 cm³/mol. The van der Waals surface area contributed by atoms with Gasteiger partial charge in [0.1, 0.15) is 0 Å². The van der Waals surface area contributed by atoms with Gasteiger partial charge in [-0.15, -0.1) is 0 Å². The predicted octanol–water partition coefficient (Wildman–Crippen LogP) is 2.97. The first-order chi connectivity index (χ1) is 10.2. The number of carbonyl (C=O) groups excluding carboxylic acids is 1. The largest absolute Gasteiger partial charge is 0.343 e.